The molecular weight excluding hydrogens is 302 g/mol. The van der Waals surface area contributed by atoms with Crippen molar-refractivity contribution in [3.63, 3.8) is 0 Å². The van der Waals surface area contributed by atoms with E-state index in [0.29, 0.717) is 11.6 Å². The van der Waals surface area contributed by atoms with E-state index in [-0.39, 0.29) is 0 Å². The van der Waals surface area contributed by atoms with Gasteiger partial charge in [-0.05, 0) is 45.9 Å². The quantitative estimate of drug-likeness (QED) is 0.623. The van der Waals surface area contributed by atoms with Gasteiger partial charge in [-0.25, -0.2) is 9.36 Å². The van der Waals surface area contributed by atoms with E-state index < -0.39 is 11.7 Å². The Morgan fingerprint density at radius 1 is 1.00 bits per heavy atom. The third kappa shape index (κ3) is 3.43. The van der Waals surface area contributed by atoms with Crippen LogP contribution in [0.2, 0.25) is 0 Å². The monoisotopic (exact) mass is 323 g/mol. The maximum atomic E-state index is 12.7. The highest BCUT2D eigenvalue weighted by Crippen LogP contribution is 2.30. The number of hydrogen-bond donors (Lipinski definition) is 0. The standard InChI is InChI=1S/C20H21NO3/c1-14-9-11-16(12-10-14)23-18-13-15-7-5-6-8-17(15)21(18)19(22)24-20(2,3)4/h5-13H,1-4H3. The molecule has 4 heteroatoms. The molecule has 0 bridgehead atoms. The number of hydrogen-bond acceptors (Lipinski definition) is 3. The minimum Gasteiger partial charge on any atom is -0.443 e. The summed E-state index contributed by atoms with van der Waals surface area (Å²) < 4.78 is 13.0. The number of rotatable bonds is 2. The maximum absolute atomic E-state index is 12.7. The van der Waals surface area contributed by atoms with Crippen molar-refractivity contribution >= 4 is 17.0 Å². The van der Waals surface area contributed by atoms with Crippen LogP contribution in [0.15, 0.2) is 54.6 Å². The Hall–Kier alpha value is -2.75. The Labute approximate surface area is 141 Å². The fourth-order valence-electron chi connectivity index (χ4n) is 2.43. The summed E-state index contributed by atoms with van der Waals surface area (Å²) in [5, 5.41) is 0.922. The number of aryl methyl sites for hydroxylation is 1. The Kier molecular flexibility index (Phi) is 4.06. The average Bonchev–Trinajstić information content (AvgIpc) is 2.85. The summed E-state index contributed by atoms with van der Waals surface area (Å²) in [4.78, 5) is 12.7. The largest absolute Gasteiger partial charge is 0.443 e. The van der Waals surface area contributed by atoms with Gasteiger partial charge in [0.1, 0.15) is 11.4 Å². The lowest BCUT2D eigenvalue weighted by molar-refractivity contribution is 0.0535. The number of ether oxygens (including phenoxy) is 2. The zero-order valence-corrected chi connectivity index (χ0v) is 14.4. The molecule has 0 N–H and O–H groups in total. The van der Waals surface area contributed by atoms with Gasteiger partial charge in [0, 0.05) is 11.5 Å². The lowest BCUT2D eigenvalue weighted by atomic mass is 10.2. The third-order valence-corrected chi connectivity index (χ3v) is 3.50. The molecule has 0 amide bonds. The minimum absolute atomic E-state index is 0.439. The summed E-state index contributed by atoms with van der Waals surface area (Å²) in [6.07, 6.45) is -0.453. The first-order valence-corrected chi connectivity index (χ1v) is 7.92. The first kappa shape index (κ1) is 16.1. The Morgan fingerprint density at radius 3 is 2.33 bits per heavy atom. The number of carbonyl (C=O) groups excluding carboxylic acids is 1. The SMILES string of the molecule is Cc1ccc(Oc2cc3ccccc3n2C(=O)OC(C)(C)C)cc1. The molecule has 2 aromatic carbocycles. The van der Waals surface area contributed by atoms with E-state index in [1.807, 2.05) is 82.3 Å². The van der Waals surface area contributed by atoms with Crippen molar-refractivity contribution in [1.82, 2.24) is 4.57 Å². The van der Waals surface area contributed by atoms with Crippen molar-refractivity contribution in [3.05, 3.63) is 60.2 Å². The van der Waals surface area contributed by atoms with Gasteiger partial charge in [-0.2, -0.15) is 0 Å². The fraction of sp³-hybridized carbons (Fsp3) is 0.250. The lowest BCUT2D eigenvalue weighted by Crippen LogP contribution is -2.27. The molecule has 0 fully saturated rings. The summed E-state index contributed by atoms with van der Waals surface area (Å²) in [6, 6.07) is 17.2. The van der Waals surface area contributed by atoms with Crippen LogP contribution in [0, 0.1) is 6.92 Å². The van der Waals surface area contributed by atoms with Crippen molar-refractivity contribution in [2.24, 2.45) is 0 Å². The molecule has 0 unspecified atom stereocenters. The second-order valence-electron chi connectivity index (χ2n) is 6.77. The molecule has 0 saturated heterocycles. The topological polar surface area (TPSA) is 40.5 Å². The molecule has 124 valence electrons. The van der Waals surface area contributed by atoms with E-state index in [4.69, 9.17) is 9.47 Å². The highest BCUT2D eigenvalue weighted by Gasteiger charge is 2.23. The average molecular weight is 323 g/mol. The maximum Gasteiger partial charge on any atom is 0.421 e. The fourth-order valence-corrected chi connectivity index (χ4v) is 2.43. The highest BCUT2D eigenvalue weighted by molar-refractivity contribution is 5.92. The molecule has 0 radical (unpaired) electrons. The van der Waals surface area contributed by atoms with E-state index in [1.165, 1.54) is 4.57 Å². The molecule has 0 saturated carbocycles. The van der Waals surface area contributed by atoms with Crippen molar-refractivity contribution in [2.45, 2.75) is 33.3 Å². The van der Waals surface area contributed by atoms with Crippen LogP contribution in [-0.4, -0.2) is 16.3 Å². The molecule has 0 aliphatic heterocycles. The van der Waals surface area contributed by atoms with Gasteiger partial charge in [0.15, 0.2) is 0 Å². The summed E-state index contributed by atoms with van der Waals surface area (Å²) in [5.41, 5.74) is 1.33. The highest BCUT2D eigenvalue weighted by atomic mass is 16.6. The zero-order valence-electron chi connectivity index (χ0n) is 14.4. The van der Waals surface area contributed by atoms with Crippen LogP contribution in [0.3, 0.4) is 0 Å². The number of para-hydroxylation sites is 1. The van der Waals surface area contributed by atoms with Crippen LogP contribution in [0.5, 0.6) is 11.6 Å². The van der Waals surface area contributed by atoms with Crippen molar-refractivity contribution in [1.29, 1.82) is 0 Å². The van der Waals surface area contributed by atoms with E-state index in [1.54, 1.807) is 0 Å². The number of nitrogens with zero attached hydrogens (tertiary/aromatic N) is 1. The van der Waals surface area contributed by atoms with Crippen LogP contribution in [-0.2, 0) is 4.74 Å². The number of aromatic nitrogens is 1. The molecule has 1 heterocycles. The summed E-state index contributed by atoms with van der Waals surface area (Å²) in [6.45, 7) is 7.55. The normalized spacial score (nSPS) is 11.5. The summed E-state index contributed by atoms with van der Waals surface area (Å²) >= 11 is 0. The molecule has 24 heavy (non-hydrogen) atoms. The van der Waals surface area contributed by atoms with Crippen LogP contribution in [0.4, 0.5) is 4.79 Å². The minimum atomic E-state index is -0.580. The van der Waals surface area contributed by atoms with E-state index in [0.717, 1.165) is 16.5 Å². The molecule has 3 aromatic rings. The predicted molar refractivity (Wildman–Crippen MR) is 94.8 cm³/mol. The van der Waals surface area contributed by atoms with Gasteiger partial charge in [0.2, 0.25) is 5.88 Å². The number of carbonyl (C=O) groups is 1. The van der Waals surface area contributed by atoms with Gasteiger partial charge in [-0.3, -0.25) is 0 Å². The molecule has 0 aliphatic carbocycles. The first-order chi connectivity index (χ1) is 11.3. The number of benzene rings is 2. The van der Waals surface area contributed by atoms with Gasteiger partial charge in [-0.1, -0.05) is 35.9 Å². The molecule has 0 spiro atoms. The Bertz CT molecular complexity index is 870. The van der Waals surface area contributed by atoms with E-state index in [9.17, 15) is 4.79 Å². The van der Waals surface area contributed by atoms with Crippen molar-refractivity contribution in [3.8, 4) is 11.6 Å². The molecule has 3 rings (SSSR count). The molecule has 1 aromatic heterocycles. The van der Waals surface area contributed by atoms with E-state index >= 15 is 0 Å². The van der Waals surface area contributed by atoms with Crippen molar-refractivity contribution in [2.75, 3.05) is 0 Å². The van der Waals surface area contributed by atoms with Gasteiger partial charge < -0.3 is 9.47 Å². The molecule has 4 nitrogen and oxygen atoms in total. The van der Waals surface area contributed by atoms with Crippen LogP contribution >= 0.6 is 0 Å². The van der Waals surface area contributed by atoms with E-state index in [2.05, 4.69) is 0 Å². The van der Waals surface area contributed by atoms with Gasteiger partial charge in [-0.15, -0.1) is 0 Å². The van der Waals surface area contributed by atoms with Gasteiger partial charge in [0.05, 0.1) is 5.52 Å². The first-order valence-electron chi connectivity index (χ1n) is 7.92. The van der Waals surface area contributed by atoms with Crippen LogP contribution in [0.25, 0.3) is 10.9 Å². The third-order valence-electron chi connectivity index (χ3n) is 3.50. The molecular formula is C20H21NO3. The van der Waals surface area contributed by atoms with Crippen molar-refractivity contribution < 1.29 is 14.3 Å². The Morgan fingerprint density at radius 2 is 1.67 bits per heavy atom. The van der Waals surface area contributed by atoms with Crippen LogP contribution < -0.4 is 4.74 Å². The van der Waals surface area contributed by atoms with Gasteiger partial charge >= 0.3 is 6.09 Å². The van der Waals surface area contributed by atoms with Gasteiger partial charge in [0.25, 0.3) is 0 Å². The lowest BCUT2D eigenvalue weighted by Gasteiger charge is -2.20. The molecule has 0 aliphatic rings. The zero-order chi connectivity index (χ0) is 17.3. The number of fused-ring (bicyclic) bond motifs is 1. The smallest absolute Gasteiger partial charge is 0.421 e. The second-order valence-corrected chi connectivity index (χ2v) is 6.77. The van der Waals surface area contributed by atoms with Crippen LogP contribution in [0.1, 0.15) is 26.3 Å². The molecule has 0 atom stereocenters. The Balaban J connectivity index is 2.04. The second kappa shape index (κ2) is 6.04. The summed E-state index contributed by atoms with van der Waals surface area (Å²) in [5.74, 6) is 1.11. The summed E-state index contributed by atoms with van der Waals surface area (Å²) in [7, 11) is 0. The predicted octanol–water partition coefficient (Wildman–Crippen LogP) is 5.53.